The number of rotatable bonds is 6. The maximum Gasteiger partial charge on any atom is 0.412 e. The van der Waals surface area contributed by atoms with E-state index in [1.165, 1.54) is 4.90 Å². The Kier molecular flexibility index (Phi) is 7.61. The van der Waals surface area contributed by atoms with E-state index in [-0.39, 0.29) is 24.4 Å². The third-order valence-corrected chi connectivity index (χ3v) is 3.23. The molecule has 0 bridgehead atoms. The topological polar surface area (TPSA) is 87.7 Å². The van der Waals surface area contributed by atoms with Crippen LogP contribution in [0.25, 0.3) is 0 Å². The van der Waals surface area contributed by atoms with Gasteiger partial charge in [-0.15, -0.1) is 0 Å². The Bertz CT molecular complexity index is 633. The van der Waals surface area contributed by atoms with E-state index in [1.807, 2.05) is 20.8 Å². The minimum atomic E-state index is -0.585. The first-order valence-corrected chi connectivity index (χ1v) is 8.70. The van der Waals surface area contributed by atoms with Crippen molar-refractivity contribution in [1.29, 1.82) is 0 Å². The number of hydrogen-bond donors (Lipinski definition) is 2. The second-order valence-electron chi connectivity index (χ2n) is 7.25. The Morgan fingerprint density at radius 3 is 2.15 bits per heavy atom. The summed E-state index contributed by atoms with van der Waals surface area (Å²) in [5.74, 6) is -0.436. The van der Waals surface area contributed by atoms with E-state index in [9.17, 15) is 14.4 Å². The van der Waals surface area contributed by atoms with Crippen LogP contribution in [0, 0.1) is 0 Å². The second kappa shape index (κ2) is 9.22. The molecule has 1 aromatic rings. The summed E-state index contributed by atoms with van der Waals surface area (Å²) < 4.78 is 5.18. The van der Waals surface area contributed by atoms with Crippen LogP contribution in [0.15, 0.2) is 24.3 Å². The molecule has 0 heterocycles. The molecule has 7 heteroatoms. The van der Waals surface area contributed by atoms with Crippen LogP contribution in [0.3, 0.4) is 0 Å². The highest BCUT2D eigenvalue weighted by Gasteiger charge is 2.19. The number of hydrogen-bond acceptors (Lipinski definition) is 4. The van der Waals surface area contributed by atoms with Gasteiger partial charge in [0.1, 0.15) is 5.60 Å². The molecule has 1 aromatic carbocycles. The van der Waals surface area contributed by atoms with E-state index < -0.39 is 11.7 Å². The average molecular weight is 363 g/mol. The summed E-state index contributed by atoms with van der Waals surface area (Å²) in [6.45, 7) is 11.3. The van der Waals surface area contributed by atoms with Gasteiger partial charge in [0.25, 0.3) is 5.91 Å². The van der Waals surface area contributed by atoms with Crippen LogP contribution >= 0.6 is 0 Å². The van der Waals surface area contributed by atoms with Gasteiger partial charge in [0.15, 0.2) is 0 Å². The Morgan fingerprint density at radius 1 is 1.12 bits per heavy atom. The Labute approximate surface area is 155 Å². The summed E-state index contributed by atoms with van der Waals surface area (Å²) >= 11 is 0. The van der Waals surface area contributed by atoms with Crippen molar-refractivity contribution in [2.45, 2.75) is 53.2 Å². The van der Waals surface area contributed by atoms with Gasteiger partial charge >= 0.3 is 6.09 Å². The zero-order valence-corrected chi connectivity index (χ0v) is 16.4. The fraction of sp³-hybridized carbons (Fsp3) is 0.526. The van der Waals surface area contributed by atoms with Crippen LogP contribution in [-0.2, 0) is 9.53 Å². The molecule has 0 fully saturated rings. The SMILES string of the molecule is CCN(CC(=O)NC(C)C)C(=O)c1ccc(NC(=O)OC(C)(C)C)cc1. The van der Waals surface area contributed by atoms with Crippen LogP contribution in [0.5, 0.6) is 0 Å². The molecule has 0 spiro atoms. The van der Waals surface area contributed by atoms with Gasteiger partial charge in [-0.2, -0.15) is 0 Å². The molecule has 7 nitrogen and oxygen atoms in total. The van der Waals surface area contributed by atoms with Crippen LogP contribution in [-0.4, -0.2) is 47.5 Å². The van der Waals surface area contributed by atoms with Crippen molar-refractivity contribution in [1.82, 2.24) is 10.2 Å². The van der Waals surface area contributed by atoms with Crippen molar-refractivity contribution in [3.8, 4) is 0 Å². The predicted octanol–water partition coefficient (Wildman–Crippen LogP) is 3.02. The van der Waals surface area contributed by atoms with E-state index in [1.54, 1.807) is 45.0 Å². The van der Waals surface area contributed by atoms with Crippen molar-refractivity contribution in [2.75, 3.05) is 18.4 Å². The molecule has 0 radical (unpaired) electrons. The highest BCUT2D eigenvalue weighted by Crippen LogP contribution is 2.14. The lowest BCUT2D eigenvalue weighted by Gasteiger charge is -2.21. The van der Waals surface area contributed by atoms with Gasteiger partial charge in [-0.3, -0.25) is 14.9 Å². The molecule has 3 amide bonds. The van der Waals surface area contributed by atoms with Crippen molar-refractivity contribution in [3.05, 3.63) is 29.8 Å². The maximum absolute atomic E-state index is 12.6. The number of nitrogens with one attached hydrogen (secondary N) is 2. The van der Waals surface area contributed by atoms with Gasteiger partial charge in [0.2, 0.25) is 5.91 Å². The molecule has 0 aliphatic heterocycles. The Balaban J connectivity index is 2.72. The van der Waals surface area contributed by atoms with Gasteiger partial charge in [-0.1, -0.05) is 0 Å². The number of ether oxygens (including phenoxy) is 1. The maximum atomic E-state index is 12.6. The summed E-state index contributed by atoms with van der Waals surface area (Å²) in [6.07, 6.45) is -0.558. The molecular formula is C19H29N3O4. The lowest BCUT2D eigenvalue weighted by Crippen LogP contribution is -2.42. The predicted molar refractivity (Wildman–Crippen MR) is 101 cm³/mol. The van der Waals surface area contributed by atoms with E-state index >= 15 is 0 Å². The quantitative estimate of drug-likeness (QED) is 0.813. The third-order valence-electron chi connectivity index (χ3n) is 3.23. The molecule has 0 saturated carbocycles. The summed E-state index contributed by atoms with van der Waals surface area (Å²) in [5, 5.41) is 5.38. The summed E-state index contributed by atoms with van der Waals surface area (Å²) in [6, 6.07) is 6.49. The fourth-order valence-corrected chi connectivity index (χ4v) is 2.17. The van der Waals surface area contributed by atoms with E-state index in [2.05, 4.69) is 10.6 Å². The first-order valence-electron chi connectivity index (χ1n) is 8.70. The molecule has 0 aliphatic carbocycles. The summed E-state index contributed by atoms with van der Waals surface area (Å²) in [4.78, 5) is 37.7. The molecule has 1 rings (SSSR count). The summed E-state index contributed by atoms with van der Waals surface area (Å²) in [7, 11) is 0. The molecule has 144 valence electrons. The van der Waals surface area contributed by atoms with E-state index in [0.717, 1.165) is 0 Å². The van der Waals surface area contributed by atoms with Gasteiger partial charge in [0.05, 0.1) is 6.54 Å². The van der Waals surface area contributed by atoms with Crippen molar-refractivity contribution >= 4 is 23.6 Å². The van der Waals surface area contributed by atoms with E-state index in [0.29, 0.717) is 17.8 Å². The second-order valence-corrected chi connectivity index (χ2v) is 7.25. The minimum Gasteiger partial charge on any atom is -0.444 e. The Morgan fingerprint density at radius 2 is 1.69 bits per heavy atom. The molecule has 0 aliphatic rings. The van der Waals surface area contributed by atoms with E-state index in [4.69, 9.17) is 4.74 Å². The lowest BCUT2D eigenvalue weighted by atomic mass is 10.1. The highest BCUT2D eigenvalue weighted by atomic mass is 16.6. The van der Waals surface area contributed by atoms with Crippen LogP contribution in [0.1, 0.15) is 51.9 Å². The van der Waals surface area contributed by atoms with Gasteiger partial charge < -0.3 is 15.0 Å². The van der Waals surface area contributed by atoms with Crippen molar-refractivity contribution in [3.63, 3.8) is 0 Å². The molecule has 0 saturated heterocycles. The van der Waals surface area contributed by atoms with Crippen molar-refractivity contribution < 1.29 is 19.1 Å². The van der Waals surface area contributed by atoms with Gasteiger partial charge in [-0.25, -0.2) is 4.79 Å². The number of benzene rings is 1. The largest absolute Gasteiger partial charge is 0.444 e. The molecule has 0 unspecified atom stereocenters. The third kappa shape index (κ3) is 7.55. The molecular weight excluding hydrogens is 334 g/mol. The summed E-state index contributed by atoms with van der Waals surface area (Å²) in [5.41, 5.74) is 0.383. The first-order chi connectivity index (χ1) is 12.0. The number of likely N-dealkylation sites (N-methyl/N-ethyl adjacent to an activating group) is 1. The van der Waals surface area contributed by atoms with Crippen LogP contribution in [0.2, 0.25) is 0 Å². The Hall–Kier alpha value is -2.57. The lowest BCUT2D eigenvalue weighted by molar-refractivity contribution is -0.122. The van der Waals surface area contributed by atoms with Crippen molar-refractivity contribution in [2.24, 2.45) is 0 Å². The van der Waals surface area contributed by atoms with Crippen LogP contribution < -0.4 is 10.6 Å². The molecule has 0 atom stereocenters. The number of anilines is 1. The number of nitrogens with zero attached hydrogens (tertiary/aromatic N) is 1. The number of amides is 3. The average Bonchev–Trinajstić information content (AvgIpc) is 2.50. The first kappa shape index (κ1) is 21.5. The normalized spacial score (nSPS) is 11.0. The smallest absolute Gasteiger partial charge is 0.412 e. The molecule has 0 aromatic heterocycles. The number of carbonyl (C=O) groups is 3. The molecule has 2 N–H and O–H groups in total. The molecule has 26 heavy (non-hydrogen) atoms. The van der Waals surface area contributed by atoms with Crippen LogP contribution in [0.4, 0.5) is 10.5 Å². The minimum absolute atomic E-state index is 0.00538. The zero-order valence-electron chi connectivity index (χ0n) is 16.4. The fourth-order valence-electron chi connectivity index (χ4n) is 2.17. The zero-order chi connectivity index (χ0) is 19.9. The van der Waals surface area contributed by atoms with Gasteiger partial charge in [0, 0.05) is 23.8 Å². The highest BCUT2D eigenvalue weighted by molar-refractivity contribution is 5.97. The van der Waals surface area contributed by atoms with Gasteiger partial charge in [-0.05, 0) is 65.8 Å². The monoisotopic (exact) mass is 363 g/mol. The number of carbonyl (C=O) groups excluding carboxylic acids is 3. The standard InChI is InChI=1S/C19H29N3O4/c1-7-22(12-16(23)20-13(2)3)17(24)14-8-10-15(11-9-14)21-18(25)26-19(4,5)6/h8-11,13H,7,12H2,1-6H3,(H,20,23)(H,21,25).